The Morgan fingerprint density at radius 3 is 1.42 bits per heavy atom. The first-order chi connectivity index (χ1) is 29.1. The summed E-state index contributed by atoms with van der Waals surface area (Å²) in [7, 11) is 0. The molecule has 1 aliphatic heterocycles. The maximum absolute atomic E-state index is 10.5. The summed E-state index contributed by atoms with van der Waals surface area (Å²) in [6.07, 6.45) is 28.9. The zero-order valence-corrected chi connectivity index (χ0v) is 43.6. The molecule has 0 bridgehead atoms. The predicted molar refractivity (Wildman–Crippen MR) is 271 cm³/mol. The summed E-state index contributed by atoms with van der Waals surface area (Å²) in [6.45, 7) is 35.2. The maximum atomic E-state index is 10.5. The summed E-state index contributed by atoms with van der Waals surface area (Å²) in [6, 6.07) is 0. The van der Waals surface area contributed by atoms with Crippen molar-refractivity contribution in [2.45, 2.75) is 251 Å². The zero-order valence-electron chi connectivity index (χ0n) is 43.6. The Labute approximate surface area is 384 Å². The third kappa shape index (κ3) is 18.8. The fraction of sp³-hybridized carbons (Fsp3) is 0.759. The van der Waals surface area contributed by atoms with Crippen LogP contribution in [0.5, 0.6) is 23.0 Å². The molecule has 62 heavy (non-hydrogen) atoms. The van der Waals surface area contributed by atoms with Crippen molar-refractivity contribution in [2.24, 2.45) is 35.5 Å². The number of aromatic hydroxyl groups is 3. The molecule has 3 N–H and O–H groups in total. The highest BCUT2D eigenvalue weighted by Crippen LogP contribution is 2.45. The smallest absolute Gasteiger partial charge is 0.127 e. The van der Waals surface area contributed by atoms with E-state index in [9.17, 15) is 15.3 Å². The third-order valence-corrected chi connectivity index (χ3v) is 15.0. The van der Waals surface area contributed by atoms with E-state index in [0.717, 1.165) is 106 Å². The molecular formula is C58H100O4. The van der Waals surface area contributed by atoms with Gasteiger partial charge in [0.15, 0.2) is 0 Å². The van der Waals surface area contributed by atoms with E-state index in [1.165, 1.54) is 114 Å². The number of ether oxygens (including phenoxy) is 1. The van der Waals surface area contributed by atoms with Crippen LogP contribution in [0.2, 0.25) is 0 Å². The predicted octanol–water partition coefficient (Wildman–Crippen LogP) is 17.8. The lowest BCUT2D eigenvalue weighted by molar-refractivity contribution is 0.0511. The molecule has 0 aromatic heterocycles. The lowest BCUT2D eigenvalue weighted by atomic mass is 9.84. The Morgan fingerprint density at radius 1 is 0.532 bits per heavy atom. The van der Waals surface area contributed by atoms with Crippen LogP contribution in [-0.2, 0) is 12.8 Å². The van der Waals surface area contributed by atoms with Crippen molar-refractivity contribution in [3.05, 3.63) is 56.2 Å². The fourth-order valence-electron chi connectivity index (χ4n) is 9.79. The summed E-state index contributed by atoms with van der Waals surface area (Å²) in [5.74, 6) is 7.21. The van der Waals surface area contributed by atoms with Crippen LogP contribution in [0, 0.1) is 77.0 Å². The highest BCUT2D eigenvalue weighted by Gasteiger charge is 2.34. The van der Waals surface area contributed by atoms with Crippen LogP contribution in [0.4, 0.5) is 0 Å². The minimum atomic E-state index is -0.0712. The molecule has 2 aromatic carbocycles. The van der Waals surface area contributed by atoms with E-state index in [4.69, 9.17) is 4.74 Å². The minimum absolute atomic E-state index is 0.0712. The van der Waals surface area contributed by atoms with Crippen molar-refractivity contribution in [1.29, 1.82) is 0 Å². The summed E-state index contributed by atoms with van der Waals surface area (Å²) < 4.78 is 6.60. The Hall–Kier alpha value is -2.62. The number of hydrogen-bond donors (Lipinski definition) is 3. The number of benzene rings is 2. The number of phenolic OH excluding ortho intramolecular Hbond substituents is 3. The molecule has 356 valence electrons. The second-order valence-corrected chi connectivity index (χ2v) is 22.1. The van der Waals surface area contributed by atoms with Gasteiger partial charge in [-0.05, 0) is 169 Å². The lowest BCUT2D eigenvalue weighted by Crippen LogP contribution is -2.37. The molecular weight excluding hydrogens is 761 g/mol. The Balaban J connectivity index is 0.000000427. The molecule has 3 rings (SSSR count). The van der Waals surface area contributed by atoms with Crippen molar-refractivity contribution < 1.29 is 20.1 Å². The highest BCUT2D eigenvalue weighted by molar-refractivity contribution is 5.59. The normalized spacial score (nSPS) is 17.4. The van der Waals surface area contributed by atoms with Gasteiger partial charge < -0.3 is 20.1 Å². The van der Waals surface area contributed by atoms with Crippen LogP contribution in [0.15, 0.2) is 11.6 Å². The lowest BCUT2D eigenvalue weighted by Gasteiger charge is -2.38. The Bertz CT molecular complexity index is 1620. The number of phenols is 3. The largest absolute Gasteiger partial charge is 0.507 e. The quantitative estimate of drug-likeness (QED) is 0.0651. The van der Waals surface area contributed by atoms with Gasteiger partial charge in [0.1, 0.15) is 28.6 Å². The van der Waals surface area contributed by atoms with Gasteiger partial charge in [-0.25, -0.2) is 0 Å². The average molecular weight is 861 g/mol. The van der Waals surface area contributed by atoms with Gasteiger partial charge in [0, 0.05) is 11.1 Å². The van der Waals surface area contributed by atoms with Crippen molar-refractivity contribution in [3.8, 4) is 23.0 Å². The van der Waals surface area contributed by atoms with Crippen LogP contribution in [0.25, 0.3) is 0 Å². The van der Waals surface area contributed by atoms with Gasteiger partial charge in [-0.15, -0.1) is 0 Å². The molecule has 5 atom stereocenters. The van der Waals surface area contributed by atoms with Crippen molar-refractivity contribution in [1.82, 2.24) is 0 Å². The average Bonchev–Trinajstić information content (AvgIpc) is 3.20. The summed E-state index contributed by atoms with van der Waals surface area (Å²) in [5.41, 5.74) is 8.83. The second-order valence-electron chi connectivity index (χ2n) is 22.1. The van der Waals surface area contributed by atoms with Crippen LogP contribution in [0.3, 0.4) is 0 Å². The van der Waals surface area contributed by atoms with Crippen LogP contribution < -0.4 is 4.74 Å². The van der Waals surface area contributed by atoms with Gasteiger partial charge >= 0.3 is 0 Å². The Morgan fingerprint density at radius 2 is 0.935 bits per heavy atom. The molecule has 5 unspecified atom stereocenters. The second kappa shape index (κ2) is 27.6. The number of fused-ring (bicyclic) bond motifs is 1. The fourth-order valence-corrected chi connectivity index (χ4v) is 9.79. The number of rotatable bonds is 26. The minimum Gasteiger partial charge on any atom is -0.507 e. The standard InChI is InChI=1S/2C29H50O2/c1-20(2)12-9-13-21(3)14-10-15-22(4)16-11-18-29(8)19-17-26-25(7)27(30)23(5)24(6)28(26)31-29;1-20(2)12-9-13-21(3)14-10-15-22(4)16-11-17-23(5)18-19-27-26(8)28(30)24(6)25(7)29(27)31/h20-22,30H,9-19H2,1-8H3;18,20-22,30-31H,9-17,19H2,1-8H3/b;23-18+. The van der Waals surface area contributed by atoms with Gasteiger partial charge in [0.25, 0.3) is 0 Å². The molecule has 0 amide bonds. The van der Waals surface area contributed by atoms with Crippen molar-refractivity contribution in [3.63, 3.8) is 0 Å². The van der Waals surface area contributed by atoms with Crippen LogP contribution in [-0.4, -0.2) is 20.9 Å². The van der Waals surface area contributed by atoms with Crippen LogP contribution in [0.1, 0.15) is 236 Å². The van der Waals surface area contributed by atoms with E-state index in [1.807, 2.05) is 34.6 Å². The number of allylic oxidation sites excluding steroid dienone is 2. The van der Waals surface area contributed by atoms with Crippen LogP contribution >= 0.6 is 0 Å². The summed E-state index contributed by atoms with van der Waals surface area (Å²) >= 11 is 0. The molecule has 1 aliphatic rings. The van der Waals surface area contributed by atoms with E-state index >= 15 is 0 Å². The van der Waals surface area contributed by atoms with Gasteiger partial charge in [-0.3, -0.25) is 0 Å². The van der Waals surface area contributed by atoms with E-state index < -0.39 is 0 Å². The molecule has 0 saturated carbocycles. The molecule has 2 aromatic rings. The molecule has 0 saturated heterocycles. The highest BCUT2D eigenvalue weighted by atomic mass is 16.5. The topological polar surface area (TPSA) is 69.9 Å². The van der Waals surface area contributed by atoms with E-state index in [0.29, 0.717) is 23.7 Å². The van der Waals surface area contributed by atoms with Gasteiger partial charge in [-0.1, -0.05) is 157 Å². The third-order valence-electron chi connectivity index (χ3n) is 15.0. The van der Waals surface area contributed by atoms with E-state index in [2.05, 4.69) is 82.2 Å². The molecule has 0 aliphatic carbocycles. The number of hydrogen-bond acceptors (Lipinski definition) is 4. The first-order valence-corrected chi connectivity index (χ1v) is 25.7. The molecule has 0 fully saturated rings. The SMILES string of the molecule is C/C(=C\Cc1c(C)c(O)c(C)c(C)c1O)CCCC(C)CCCC(C)CCCC(C)C.Cc1c(C)c2c(c(C)c1O)CCC(C)(CCCC(C)CCCC(C)CCCC(C)C)O2. The van der Waals surface area contributed by atoms with E-state index in [-0.39, 0.29) is 5.60 Å². The summed E-state index contributed by atoms with van der Waals surface area (Å²) in [5, 5.41) is 31.2. The first kappa shape index (κ1) is 55.5. The molecule has 0 spiro atoms. The van der Waals surface area contributed by atoms with E-state index in [1.54, 1.807) is 0 Å². The summed E-state index contributed by atoms with van der Waals surface area (Å²) in [4.78, 5) is 0. The molecule has 0 radical (unpaired) electrons. The monoisotopic (exact) mass is 861 g/mol. The zero-order chi connectivity index (χ0) is 46.7. The molecule has 4 nitrogen and oxygen atoms in total. The molecule has 4 heteroatoms. The van der Waals surface area contributed by atoms with Gasteiger partial charge in [0.05, 0.1) is 0 Å². The van der Waals surface area contributed by atoms with Gasteiger partial charge in [-0.2, -0.15) is 0 Å². The van der Waals surface area contributed by atoms with Gasteiger partial charge in [0.2, 0.25) is 0 Å². The molecule has 1 heterocycles. The first-order valence-electron chi connectivity index (χ1n) is 25.7. The Kier molecular flexibility index (Phi) is 24.8. The maximum Gasteiger partial charge on any atom is 0.127 e. The van der Waals surface area contributed by atoms with Crippen molar-refractivity contribution >= 4 is 0 Å². The van der Waals surface area contributed by atoms with Crippen molar-refractivity contribution in [2.75, 3.05) is 0 Å².